The molecule has 0 saturated carbocycles. The lowest BCUT2D eigenvalue weighted by molar-refractivity contribution is -0.234. The van der Waals surface area contributed by atoms with Gasteiger partial charge in [0.05, 0.1) is 5.60 Å². The number of aliphatic hydroxyl groups excluding tert-OH is 1. The van der Waals surface area contributed by atoms with E-state index >= 15 is 0 Å². The monoisotopic (exact) mass is 264 g/mol. The molecule has 0 aliphatic carbocycles. The average Bonchev–Trinajstić information content (AvgIpc) is 2.77. The van der Waals surface area contributed by atoms with Crippen LogP contribution in [0.4, 0.5) is 5.69 Å². The van der Waals surface area contributed by atoms with Crippen LogP contribution in [0.1, 0.15) is 38.7 Å². The third-order valence-electron chi connectivity index (χ3n) is 3.40. The minimum atomic E-state index is -0.821. The van der Waals surface area contributed by atoms with Gasteiger partial charge in [0, 0.05) is 18.8 Å². The fourth-order valence-corrected chi connectivity index (χ4v) is 2.42. The molecule has 0 spiro atoms. The van der Waals surface area contributed by atoms with Crippen LogP contribution >= 0.6 is 0 Å². The summed E-state index contributed by atoms with van der Waals surface area (Å²) in [5.41, 5.74) is 7.43. The van der Waals surface area contributed by atoms with Crippen LogP contribution in [0.2, 0.25) is 0 Å². The first-order valence-electron chi connectivity index (χ1n) is 6.80. The highest BCUT2D eigenvalue weighted by molar-refractivity contribution is 5.40. The number of anilines is 1. The van der Waals surface area contributed by atoms with E-state index in [1.807, 2.05) is 37.8 Å². The molecule has 4 heteroatoms. The fourth-order valence-electron chi connectivity index (χ4n) is 2.42. The van der Waals surface area contributed by atoms with Crippen LogP contribution in [0.15, 0.2) is 24.3 Å². The molecular weight excluding hydrogens is 240 g/mol. The third kappa shape index (κ3) is 3.93. The quantitative estimate of drug-likeness (QED) is 0.649. The van der Waals surface area contributed by atoms with Gasteiger partial charge < -0.3 is 15.6 Å². The molecular formula is C15H24N2O2. The average molecular weight is 264 g/mol. The van der Waals surface area contributed by atoms with Gasteiger partial charge in [-0.1, -0.05) is 12.1 Å². The van der Waals surface area contributed by atoms with E-state index < -0.39 is 6.41 Å². The molecule has 2 atom stereocenters. The lowest BCUT2D eigenvalue weighted by Gasteiger charge is -2.29. The summed E-state index contributed by atoms with van der Waals surface area (Å²) in [7, 11) is 0. The van der Waals surface area contributed by atoms with E-state index in [0.29, 0.717) is 5.92 Å². The van der Waals surface area contributed by atoms with Crippen molar-refractivity contribution >= 4 is 5.69 Å². The second kappa shape index (κ2) is 5.49. The Bertz CT molecular complexity index is 411. The molecule has 2 rings (SSSR count). The van der Waals surface area contributed by atoms with Crippen LogP contribution in [0.5, 0.6) is 0 Å². The summed E-state index contributed by atoms with van der Waals surface area (Å²) in [6.07, 6.45) is 0.216. The van der Waals surface area contributed by atoms with Crippen LogP contribution in [-0.4, -0.2) is 35.1 Å². The fraction of sp³-hybridized carbons (Fsp3) is 0.600. The molecule has 1 aromatic rings. The minimum Gasteiger partial charge on any atom is -0.399 e. The van der Waals surface area contributed by atoms with Crippen LogP contribution in [-0.2, 0) is 4.74 Å². The Labute approximate surface area is 115 Å². The van der Waals surface area contributed by atoms with Crippen molar-refractivity contribution in [2.24, 2.45) is 0 Å². The number of hydrogen-bond acceptors (Lipinski definition) is 4. The Morgan fingerprint density at radius 2 is 1.95 bits per heavy atom. The largest absolute Gasteiger partial charge is 0.399 e. The van der Waals surface area contributed by atoms with Gasteiger partial charge in [0.2, 0.25) is 6.41 Å². The van der Waals surface area contributed by atoms with Crippen molar-refractivity contribution in [2.45, 2.75) is 45.1 Å². The molecule has 1 aliphatic heterocycles. The van der Waals surface area contributed by atoms with Gasteiger partial charge in [-0.05, 0) is 50.8 Å². The third-order valence-corrected chi connectivity index (χ3v) is 3.40. The van der Waals surface area contributed by atoms with Crippen molar-refractivity contribution in [3.63, 3.8) is 0 Å². The molecule has 3 N–H and O–H groups in total. The Morgan fingerprint density at radius 1 is 1.32 bits per heavy atom. The molecule has 0 aromatic heterocycles. The van der Waals surface area contributed by atoms with Crippen molar-refractivity contribution in [1.29, 1.82) is 0 Å². The van der Waals surface area contributed by atoms with E-state index in [0.717, 1.165) is 25.2 Å². The minimum absolute atomic E-state index is 0.335. The highest BCUT2D eigenvalue weighted by Gasteiger charge is 2.30. The maximum atomic E-state index is 10.1. The van der Waals surface area contributed by atoms with Gasteiger partial charge in [-0.15, -0.1) is 0 Å². The SMILES string of the molecule is CC(C)(C)OC(O)N1CCC(c2ccc(N)cc2)C1. The summed E-state index contributed by atoms with van der Waals surface area (Å²) in [5.74, 6) is 0.443. The summed E-state index contributed by atoms with van der Waals surface area (Å²) >= 11 is 0. The second-order valence-corrected chi connectivity index (χ2v) is 6.20. The van der Waals surface area contributed by atoms with Gasteiger partial charge in [0.15, 0.2) is 0 Å². The topological polar surface area (TPSA) is 58.7 Å². The number of nitrogen functional groups attached to an aromatic ring is 1. The Kier molecular flexibility index (Phi) is 4.13. The zero-order chi connectivity index (χ0) is 14.0. The Morgan fingerprint density at radius 3 is 2.53 bits per heavy atom. The highest BCUT2D eigenvalue weighted by atomic mass is 16.6. The highest BCUT2D eigenvalue weighted by Crippen LogP contribution is 2.29. The Balaban J connectivity index is 1.94. The number of likely N-dealkylation sites (tertiary alicyclic amines) is 1. The van der Waals surface area contributed by atoms with E-state index in [1.54, 1.807) is 0 Å². The van der Waals surface area contributed by atoms with Crippen LogP contribution in [0.3, 0.4) is 0 Å². The first kappa shape index (κ1) is 14.3. The van der Waals surface area contributed by atoms with E-state index in [1.165, 1.54) is 5.56 Å². The predicted octanol–water partition coefficient (Wildman–Crippen LogP) is 2.15. The maximum Gasteiger partial charge on any atom is 0.216 e. The van der Waals surface area contributed by atoms with Crippen molar-refractivity contribution in [3.05, 3.63) is 29.8 Å². The molecule has 1 fully saturated rings. The molecule has 1 heterocycles. The molecule has 19 heavy (non-hydrogen) atoms. The number of nitrogens with zero attached hydrogens (tertiary/aromatic N) is 1. The summed E-state index contributed by atoms with van der Waals surface area (Å²) in [6, 6.07) is 8.00. The van der Waals surface area contributed by atoms with Crippen molar-refractivity contribution in [1.82, 2.24) is 4.90 Å². The number of hydrogen-bond donors (Lipinski definition) is 2. The van der Waals surface area contributed by atoms with Crippen molar-refractivity contribution < 1.29 is 9.84 Å². The molecule has 0 radical (unpaired) electrons. The number of ether oxygens (including phenoxy) is 1. The number of nitrogens with two attached hydrogens (primary N) is 1. The van der Waals surface area contributed by atoms with Crippen LogP contribution in [0, 0.1) is 0 Å². The predicted molar refractivity (Wildman–Crippen MR) is 76.6 cm³/mol. The second-order valence-electron chi connectivity index (χ2n) is 6.20. The maximum absolute atomic E-state index is 10.1. The zero-order valence-electron chi connectivity index (χ0n) is 12.0. The van der Waals surface area contributed by atoms with Gasteiger partial charge in [0.25, 0.3) is 0 Å². The van der Waals surface area contributed by atoms with Gasteiger partial charge in [0.1, 0.15) is 0 Å². The van der Waals surface area contributed by atoms with Gasteiger partial charge in [-0.25, -0.2) is 0 Å². The molecule has 2 unspecified atom stereocenters. The normalized spacial score (nSPS) is 22.6. The lowest BCUT2D eigenvalue weighted by Crippen LogP contribution is -2.40. The smallest absolute Gasteiger partial charge is 0.216 e. The molecule has 106 valence electrons. The van der Waals surface area contributed by atoms with E-state index in [9.17, 15) is 5.11 Å². The van der Waals surface area contributed by atoms with Crippen molar-refractivity contribution in [3.8, 4) is 0 Å². The van der Waals surface area contributed by atoms with Crippen LogP contribution in [0.25, 0.3) is 0 Å². The number of rotatable bonds is 3. The summed E-state index contributed by atoms with van der Waals surface area (Å²) in [5, 5.41) is 10.1. The standard InChI is InChI=1S/C15H24N2O2/c1-15(2,3)19-14(18)17-9-8-12(10-17)11-4-6-13(16)7-5-11/h4-7,12,14,18H,8-10,16H2,1-3H3. The first-order valence-corrected chi connectivity index (χ1v) is 6.80. The number of aliphatic hydroxyl groups is 1. The summed E-state index contributed by atoms with van der Waals surface area (Å²) < 4.78 is 5.59. The molecule has 1 aliphatic rings. The van der Waals surface area contributed by atoms with E-state index in [2.05, 4.69) is 12.1 Å². The van der Waals surface area contributed by atoms with Crippen LogP contribution < -0.4 is 5.73 Å². The van der Waals surface area contributed by atoms with Gasteiger partial charge >= 0.3 is 0 Å². The number of benzene rings is 1. The van der Waals surface area contributed by atoms with Gasteiger partial charge in [-0.3, -0.25) is 4.90 Å². The van der Waals surface area contributed by atoms with E-state index in [-0.39, 0.29) is 5.60 Å². The molecule has 0 bridgehead atoms. The molecule has 4 nitrogen and oxygen atoms in total. The summed E-state index contributed by atoms with van der Waals surface area (Å²) in [4.78, 5) is 1.98. The van der Waals surface area contributed by atoms with Gasteiger partial charge in [-0.2, -0.15) is 0 Å². The molecule has 1 saturated heterocycles. The molecule has 1 aromatic carbocycles. The van der Waals surface area contributed by atoms with E-state index in [4.69, 9.17) is 10.5 Å². The first-order chi connectivity index (χ1) is 8.85. The lowest BCUT2D eigenvalue weighted by atomic mass is 9.98. The summed E-state index contributed by atoms with van der Waals surface area (Å²) in [6.45, 7) is 7.52. The molecule has 0 amide bonds. The Hall–Kier alpha value is -1.10. The van der Waals surface area contributed by atoms with Crippen molar-refractivity contribution in [2.75, 3.05) is 18.8 Å². The zero-order valence-corrected chi connectivity index (χ0v) is 12.0.